The molecule has 0 aromatic rings. The Labute approximate surface area is 125 Å². The topological polar surface area (TPSA) is 39.7 Å². The van der Waals surface area contributed by atoms with Crippen LogP contribution in [0.15, 0.2) is 4.99 Å². The normalized spacial score (nSPS) is 19.9. The molecule has 0 saturated carbocycles. The zero-order valence-corrected chi connectivity index (χ0v) is 13.9. The maximum absolute atomic E-state index is 4.29. The third-order valence-corrected chi connectivity index (χ3v) is 4.30. The number of rotatable bonds is 7. The van der Waals surface area contributed by atoms with E-state index >= 15 is 0 Å². The van der Waals surface area contributed by atoms with Gasteiger partial charge in [-0.05, 0) is 45.2 Å². The summed E-state index contributed by atoms with van der Waals surface area (Å²) in [6, 6.07) is 0.580. The predicted molar refractivity (Wildman–Crippen MR) is 88.3 cm³/mol. The van der Waals surface area contributed by atoms with Gasteiger partial charge in [0.2, 0.25) is 0 Å². The van der Waals surface area contributed by atoms with Crippen LogP contribution in [0.2, 0.25) is 0 Å². The van der Waals surface area contributed by atoms with Crippen LogP contribution in [0.5, 0.6) is 0 Å². The predicted octanol–water partition coefficient (Wildman–Crippen LogP) is 2.46. The molecule has 0 radical (unpaired) electrons. The van der Waals surface area contributed by atoms with E-state index in [9.17, 15) is 0 Å². The highest BCUT2D eigenvalue weighted by molar-refractivity contribution is 5.79. The number of unbranched alkanes of at least 4 members (excludes halogenated alkanes) is 2. The van der Waals surface area contributed by atoms with Gasteiger partial charge in [0.25, 0.3) is 0 Å². The van der Waals surface area contributed by atoms with E-state index in [1.165, 1.54) is 45.2 Å². The highest BCUT2D eigenvalue weighted by Gasteiger charge is 2.20. The van der Waals surface area contributed by atoms with Gasteiger partial charge >= 0.3 is 0 Å². The number of nitrogens with one attached hydrogen (secondary N) is 2. The van der Waals surface area contributed by atoms with Crippen LogP contribution in [0.25, 0.3) is 0 Å². The highest BCUT2D eigenvalue weighted by atomic mass is 15.2. The molecule has 1 atom stereocenters. The molecule has 0 amide bonds. The van der Waals surface area contributed by atoms with Crippen molar-refractivity contribution >= 4 is 5.96 Å². The first-order valence-electron chi connectivity index (χ1n) is 8.36. The summed E-state index contributed by atoms with van der Waals surface area (Å²) in [4.78, 5) is 6.89. The van der Waals surface area contributed by atoms with Gasteiger partial charge in [0, 0.05) is 26.2 Å². The number of guanidine groups is 1. The summed E-state index contributed by atoms with van der Waals surface area (Å²) in [6.07, 6.45) is 6.45. The van der Waals surface area contributed by atoms with Gasteiger partial charge in [0.15, 0.2) is 5.96 Å². The fourth-order valence-electron chi connectivity index (χ4n) is 2.65. The second kappa shape index (κ2) is 10.0. The molecule has 0 bridgehead atoms. The van der Waals surface area contributed by atoms with Crippen LogP contribution in [0.1, 0.15) is 52.9 Å². The lowest BCUT2D eigenvalue weighted by atomic mass is 9.98. The van der Waals surface area contributed by atoms with Gasteiger partial charge in [-0.3, -0.25) is 9.89 Å². The Bertz CT molecular complexity index is 270. The molecule has 1 unspecified atom stereocenters. The summed E-state index contributed by atoms with van der Waals surface area (Å²) >= 11 is 0. The zero-order chi connectivity index (χ0) is 14.8. The first-order chi connectivity index (χ1) is 9.67. The molecule has 0 aliphatic carbocycles. The smallest absolute Gasteiger partial charge is 0.191 e. The summed E-state index contributed by atoms with van der Waals surface area (Å²) in [5.74, 6) is 1.85. The van der Waals surface area contributed by atoms with Crippen molar-refractivity contribution in [3.8, 4) is 0 Å². The van der Waals surface area contributed by atoms with E-state index in [4.69, 9.17) is 0 Å². The molecule has 1 heterocycles. The van der Waals surface area contributed by atoms with Crippen molar-refractivity contribution in [1.29, 1.82) is 0 Å². The second-order valence-electron chi connectivity index (χ2n) is 6.15. The zero-order valence-electron chi connectivity index (χ0n) is 13.9. The number of hydrogen-bond donors (Lipinski definition) is 2. The Morgan fingerprint density at radius 3 is 2.55 bits per heavy atom. The molecule has 0 aromatic carbocycles. The Morgan fingerprint density at radius 2 is 1.95 bits per heavy atom. The maximum Gasteiger partial charge on any atom is 0.191 e. The average molecular weight is 282 g/mol. The van der Waals surface area contributed by atoms with Crippen LogP contribution in [-0.4, -0.2) is 50.1 Å². The Balaban J connectivity index is 2.19. The molecule has 0 aromatic heterocycles. The number of aliphatic imine (C=N–C) groups is 1. The minimum atomic E-state index is 0.580. The second-order valence-corrected chi connectivity index (χ2v) is 6.15. The summed E-state index contributed by atoms with van der Waals surface area (Å²) in [5.41, 5.74) is 0. The molecule has 1 saturated heterocycles. The molecule has 1 aliphatic rings. The van der Waals surface area contributed by atoms with Gasteiger partial charge in [-0.1, -0.05) is 26.7 Å². The summed E-state index contributed by atoms with van der Waals surface area (Å²) in [5, 5.41) is 6.84. The lowest BCUT2D eigenvalue weighted by molar-refractivity contribution is 0.147. The molecule has 4 nitrogen and oxygen atoms in total. The van der Waals surface area contributed by atoms with Crippen molar-refractivity contribution in [3.63, 3.8) is 0 Å². The number of piperidine rings is 1. The lowest BCUT2D eigenvalue weighted by Gasteiger charge is -2.35. The minimum Gasteiger partial charge on any atom is -0.356 e. The molecule has 1 rings (SSSR count). The van der Waals surface area contributed by atoms with E-state index in [0.717, 1.165) is 25.0 Å². The van der Waals surface area contributed by atoms with Crippen LogP contribution < -0.4 is 10.6 Å². The van der Waals surface area contributed by atoms with Crippen molar-refractivity contribution in [2.45, 2.75) is 58.9 Å². The fourth-order valence-corrected chi connectivity index (χ4v) is 2.65. The summed E-state index contributed by atoms with van der Waals surface area (Å²) in [6.45, 7) is 11.4. The standard InChI is InChI=1S/C16H34N4/c1-5-6-7-10-18-16(17-4)19-13-15(3)20-11-8-14(2)9-12-20/h14-15H,5-13H2,1-4H3,(H2,17,18,19). The number of likely N-dealkylation sites (tertiary alicyclic amines) is 1. The quantitative estimate of drug-likeness (QED) is 0.428. The van der Waals surface area contributed by atoms with Crippen molar-refractivity contribution in [1.82, 2.24) is 15.5 Å². The third kappa shape index (κ3) is 6.60. The Kier molecular flexibility index (Phi) is 8.67. The van der Waals surface area contributed by atoms with Gasteiger partial charge in [-0.2, -0.15) is 0 Å². The van der Waals surface area contributed by atoms with E-state index in [1.807, 2.05) is 7.05 Å². The molecule has 4 heteroatoms. The van der Waals surface area contributed by atoms with Crippen molar-refractivity contribution in [2.75, 3.05) is 33.2 Å². The van der Waals surface area contributed by atoms with E-state index in [1.54, 1.807) is 0 Å². The van der Waals surface area contributed by atoms with Gasteiger partial charge < -0.3 is 10.6 Å². The van der Waals surface area contributed by atoms with Crippen LogP contribution in [-0.2, 0) is 0 Å². The van der Waals surface area contributed by atoms with Crippen molar-refractivity contribution in [3.05, 3.63) is 0 Å². The highest BCUT2D eigenvalue weighted by Crippen LogP contribution is 2.17. The monoisotopic (exact) mass is 282 g/mol. The average Bonchev–Trinajstić information content (AvgIpc) is 2.47. The van der Waals surface area contributed by atoms with Crippen LogP contribution in [0, 0.1) is 5.92 Å². The molecular weight excluding hydrogens is 248 g/mol. The van der Waals surface area contributed by atoms with E-state index in [0.29, 0.717) is 6.04 Å². The molecule has 2 N–H and O–H groups in total. The molecule has 1 aliphatic heterocycles. The van der Waals surface area contributed by atoms with E-state index in [2.05, 4.69) is 41.3 Å². The van der Waals surface area contributed by atoms with Gasteiger partial charge in [-0.15, -0.1) is 0 Å². The summed E-state index contributed by atoms with van der Waals surface area (Å²) < 4.78 is 0. The number of hydrogen-bond acceptors (Lipinski definition) is 2. The van der Waals surface area contributed by atoms with E-state index < -0.39 is 0 Å². The van der Waals surface area contributed by atoms with Crippen LogP contribution >= 0.6 is 0 Å². The third-order valence-electron chi connectivity index (χ3n) is 4.30. The Hall–Kier alpha value is -0.770. The fraction of sp³-hybridized carbons (Fsp3) is 0.938. The van der Waals surface area contributed by atoms with Crippen LogP contribution in [0.4, 0.5) is 0 Å². The van der Waals surface area contributed by atoms with Gasteiger partial charge in [0.05, 0.1) is 0 Å². The van der Waals surface area contributed by atoms with Crippen molar-refractivity contribution in [2.24, 2.45) is 10.9 Å². The summed E-state index contributed by atoms with van der Waals surface area (Å²) in [7, 11) is 1.85. The lowest BCUT2D eigenvalue weighted by Crippen LogP contribution is -2.48. The molecule has 118 valence electrons. The molecule has 1 fully saturated rings. The number of nitrogens with zero attached hydrogens (tertiary/aromatic N) is 2. The minimum absolute atomic E-state index is 0.580. The first kappa shape index (κ1) is 17.3. The molecule has 20 heavy (non-hydrogen) atoms. The maximum atomic E-state index is 4.29. The Morgan fingerprint density at radius 1 is 1.25 bits per heavy atom. The first-order valence-corrected chi connectivity index (χ1v) is 8.36. The van der Waals surface area contributed by atoms with Crippen molar-refractivity contribution < 1.29 is 0 Å². The SMILES string of the molecule is CCCCCNC(=NC)NCC(C)N1CCC(C)CC1. The van der Waals surface area contributed by atoms with Gasteiger partial charge in [-0.25, -0.2) is 0 Å². The van der Waals surface area contributed by atoms with E-state index in [-0.39, 0.29) is 0 Å². The molecular formula is C16H34N4. The van der Waals surface area contributed by atoms with Gasteiger partial charge in [0.1, 0.15) is 0 Å². The van der Waals surface area contributed by atoms with Crippen LogP contribution in [0.3, 0.4) is 0 Å². The molecule has 0 spiro atoms. The largest absolute Gasteiger partial charge is 0.356 e.